The molecule has 2 aromatic rings. The number of benzene rings is 2. The Morgan fingerprint density at radius 1 is 0.905 bits per heavy atom. The molecule has 0 unspecified atom stereocenters. The molecule has 0 heterocycles. The van der Waals surface area contributed by atoms with Gasteiger partial charge in [0.15, 0.2) is 0 Å². The number of hydrogen-bond acceptors (Lipinski definition) is 3. The standard InChI is InChI=1S/C18H20O3/c1-2-3-17(21)12-18(13-4-8-15(19)9-5-13)14-6-10-16(20)11-7-14/h4-11,18-20H,2-3,12H2,1H3. The summed E-state index contributed by atoms with van der Waals surface area (Å²) in [6, 6.07) is 13.9. The highest BCUT2D eigenvalue weighted by Gasteiger charge is 2.18. The molecule has 0 amide bonds. The summed E-state index contributed by atoms with van der Waals surface area (Å²) in [5, 5.41) is 18.8. The summed E-state index contributed by atoms with van der Waals surface area (Å²) >= 11 is 0. The largest absolute Gasteiger partial charge is 0.508 e. The molecule has 3 nitrogen and oxygen atoms in total. The van der Waals surface area contributed by atoms with E-state index in [0.29, 0.717) is 12.8 Å². The smallest absolute Gasteiger partial charge is 0.133 e. The number of aromatic hydroxyl groups is 2. The molecule has 0 spiro atoms. The number of hydrogen-bond donors (Lipinski definition) is 2. The van der Waals surface area contributed by atoms with E-state index in [1.807, 2.05) is 31.2 Å². The summed E-state index contributed by atoms with van der Waals surface area (Å²) in [4.78, 5) is 12.0. The van der Waals surface area contributed by atoms with Gasteiger partial charge in [-0.05, 0) is 41.8 Å². The van der Waals surface area contributed by atoms with Gasteiger partial charge >= 0.3 is 0 Å². The second kappa shape index (κ2) is 6.93. The van der Waals surface area contributed by atoms with Crippen molar-refractivity contribution >= 4 is 5.78 Å². The fourth-order valence-corrected chi connectivity index (χ4v) is 2.45. The van der Waals surface area contributed by atoms with Crippen molar-refractivity contribution in [1.82, 2.24) is 0 Å². The zero-order chi connectivity index (χ0) is 15.2. The van der Waals surface area contributed by atoms with Crippen LogP contribution in [0, 0.1) is 0 Å². The van der Waals surface area contributed by atoms with Crippen molar-refractivity contribution < 1.29 is 15.0 Å². The van der Waals surface area contributed by atoms with Crippen LogP contribution in [0.1, 0.15) is 43.2 Å². The summed E-state index contributed by atoms with van der Waals surface area (Å²) in [6.07, 6.45) is 1.85. The van der Waals surface area contributed by atoms with Gasteiger partial charge in [0.05, 0.1) is 0 Å². The monoisotopic (exact) mass is 284 g/mol. The first kappa shape index (κ1) is 15.1. The predicted octanol–water partition coefficient (Wildman–Crippen LogP) is 3.99. The molecule has 2 aromatic carbocycles. The lowest BCUT2D eigenvalue weighted by Crippen LogP contribution is -2.08. The van der Waals surface area contributed by atoms with Crippen LogP contribution < -0.4 is 0 Å². The van der Waals surface area contributed by atoms with E-state index in [-0.39, 0.29) is 23.2 Å². The normalized spacial score (nSPS) is 10.8. The predicted molar refractivity (Wildman–Crippen MR) is 82.6 cm³/mol. The molecule has 0 aliphatic carbocycles. The number of carbonyl (C=O) groups excluding carboxylic acids is 1. The van der Waals surface area contributed by atoms with Crippen molar-refractivity contribution in [3.8, 4) is 11.5 Å². The highest BCUT2D eigenvalue weighted by molar-refractivity contribution is 5.79. The van der Waals surface area contributed by atoms with Crippen LogP contribution in [0.3, 0.4) is 0 Å². The first-order valence-corrected chi connectivity index (χ1v) is 7.19. The molecule has 0 bridgehead atoms. The van der Waals surface area contributed by atoms with Gasteiger partial charge in [-0.15, -0.1) is 0 Å². The molecular weight excluding hydrogens is 264 g/mol. The maximum Gasteiger partial charge on any atom is 0.133 e. The van der Waals surface area contributed by atoms with Gasteiger partial charge in [-0.25, -0.2) is 0 Å². The Bertz CT molecular complexity index is 539. The highest BCUT2D eigenvalue weighted by Crippen LogP contribution is 2.30. The van der Waals surface area contributed by atoms with Gasteiger partial charge in [-0.2, -0.15) is 0 Å². The summed E-state index contributed by atoms with van der Waals surface area (Å²) in [5.41, 5.74) is 1.98. The molecule has 0 atom stereocenters. The minimum absolute atomic E-state index is 0.0507. The number of phenols is 2. The topological polar surface area (TPSA) is 57.5 Å². The molecule has 21 heavy (non-hydrogen) atoms. The van der Waals surface area contributed by atoms with Crippen molar-refractivity contribution in [2.75, 3.05) is 0 Å². The van der Waals surface area contributed by atoms with E-state index in [2.05, 4.69) is 0 Å². The fourth-order valence-electron chi connectivity index (χ4n) is 2.45. The third kappa shape index (κ3) is 4.09. The van der Waals surface area contributed by atoms with E-state index >= 15 is 0 Å². The molecule has 0 aliphatic heterocycles. The molecule has 0 fully saturated rings. The Morgan fingerprint density at radius 3 is 1.71 bits per heavy atom. The van der Waals surface area contributed by atoms with Gasteiger partial charge in [-0.3, -0.25) is 4.79 Å². The Hall–Kier alpha value is -2.29. The minimum Gasteiger partial charge on any atom is -0.508 e. The number of Topliss-reactive ketones (excluding diaryl/α,β-unsaturated/α-hetero) is 1. The minimum atomic E-state index is -0.0507. The second-order valence-electron chi connectivity index (χ2n) is 5.23. The number of rotatable bonds is 6. The molecule has 0 radical (unpaired) electrons. The van der Waals surface area contributed by atoms with Gasteiger partial charge in [0.25, 0.3) is 0 Å². The van der Waals surface area contributed by atoms with Crippen LogP contribution in [0.15, 0.2) is 48.5 Å². The van der Waals surface area contributed by atoms with Crippen LogP contribution in [0.5, 0.6) is 11.5 Å². The van der Waals surface area contributed by atoms with Crippen LogP contribution in [-0.2, 0) is 4.79 Å². The molecule has 0 saturated heterocycles. The highest BCUT2D eigenvalue weighted by atomic mass is 16.3. The van der Waals surface area contributed by atoms with Crippen molar-refractivity contribution in [2.45, 2.75) is 32.1 Å². The van der Waals surface area contributed by atoms with Crippen LogP contribution in [0.4, 0.5) is 0 Å². The van der Waals surface area contributed by atoms with Crippen LogP contribution in [0.25, 0.3) is 0 Å². The summed E-state index contributed by atoms with van der Waals surface area (Å²) in [6.45, 7) is 1.99. The Labute approximate surface area is 124 Å². The Kier molecular flexibility index (Phi) is 4.99. The van der Waals surface area contributed by atoms with E-state index in [9.17, 15) is 15.0 Å². The first-order chi connectivity index (χ1) is 10.1. The Balaban J connectivity index is 2.31. The molecule has 0 aromatic heterocycles. The lowest BCUT2D eigenvalue weighted by molar-refractivity contribution is -0.119. The molecule has 2 N–H and O–H groups in total. The summed E-state index contributed by atoms with van der Waals surface area (Å²) in [7, 11) is 0. The van der Waals surface area contributed by atoms with E-state index in [1.165, 1.54) is 0 Å². The molecule has 0 aliphatic rings. The first-order valence-electron chi connectivity index (χ1n) is 7.19. The SMILES string of the molecule is CCCC(=O)CC(c1ccc(O)cc1)c1ccc(O)cc1. The van der Waals surface area contributed by atoms with Crippen molar-refractivity contribution in [1.29, 1.82) is 0 Å². The van der Waals surface area contributed by atoms with Gasteiger partial charge < -0.3 is 10.2 Å². The van der Waals surface area contributed by atoms with E-state index < -0.39 is 0 Å². The maximum atomic E-state index is 12.0. The molecule has 2 rings (SSSR count). The number of ketones is 1. The van der Waals surface area contributed by atoms with Gasteiger partial charge in [0.2, 0.25) is 0 Å². The lowest BCUT2D eigenvalue weighted by Gasteiger charge is -2.17. The molecule has 0 saturated carbocycles. The van der Waals surface area contributed by atoms with Crippen LogP contribution >= 0.6 is 0 Å². The van der Waals surface area contributed by atoms with Gasteiger partial charge in [0.1, 0.15) is 17.3 Å². The van der Waals surface area contributed by atoms with E-state index in [0.717, 1.165) is 17.5 Å². The van der Waals surface area contributed by atoms with Gasteiger partial charge in [0, 0.05) is 18.8 Å². The third-order valence-corrected chi connectivity index (χ3v) is 3.55. The summed E-state index contributed by atoms with van der Waals surface area (Å²) < 4.78 is 0. The van der Waals surface area contributed by atoms with Gasteiger partial charge in [-0.1, -0.05) is 31.2 Å². The third-order valence-electron chi connectivity index (χ3n) is 3.55. The average molecular weight is 284 g/mol. The van der Waals surface area contributed by atoms with E-state index in [4.69, 9.17) is 0 Å². The van der Waals surface area contributed by atoms with Crippen molar-refractivity contribution in [3.05, 3.63) is 59.7 Å². The Morgan fingerprint density at radius 2 is 1.33 bits per heavy atom. The summed E-state index contributed by atoms with van der Waals surface area (Å²) in [5.74, 6) is 0.597. The molecule has 3 heteroatoms. The zero-order valence-electron chi connectivity index (χ0n) is 12.1. The molecule has 110 valence electrons. The van der Waals surface area contributed by atoms with Crippen molar-refractivity contribution in [3.63, 3.8) is 0 Å². The fraction of sp³-hybridized carbons (Fsp3) is 0.278. The maximum absolute atomic E-state index is 12.0. The van der Waals surface area contributed by atoms with E-state index in [1.54, 1.807) is 24.3 Å². The average Bonchev–Trinajstić information content (AvgIpc) is 2.47. The quantitative estimate of drug-likeness (QED) is 0.843. The number of phenolic OH excluding ortho intramolecular Hbond substituents is 2. The second-order valence-corrected chi connectivity index (χ2v) is 5.23. The molecular formula is C18H20O3. The lowest BCUT2D eigenvalue weighted by atomic mass is 9.86. The van der Waals surface area contributed by atoms with Crippen LogP contribution in [0.2, 0.25) is 0 Å². The zero-order valence-corrected chi connectivity index (χ0v) is 12.1. The van der Waals surface area contributed by atoms with Crippen LogP contribution in [-0.4, -0.2) is 16.0 Å². The van der Waals surface area contributed by atoms with Crippen molar-refractivity contribution in [2.24, 2.45) is 0 Å². The number of carbonyl (C=O) groups is 1.